The molecule has 0 fully saturated rings. The highest BCUT2D eigenvalue weighted by Crippen LogP contribution is 2.28. The van der Waals surface area contributed by atoms with Crippen molar-refractivity contribution >= 4 is 0 Å². The van der Waals surface area contributed by atoms with E-state index in [1.165, 1.54) is 11.1 Å². The van der Waals surface area contributed by atoms with Crippen molar-refractivity contribution in [2.24, 2.45) is 0 Å². The van der Waals surface area contributed by atoms with Crippen LogP contribution in [-0.4, -0.2) is 42.2 Å². The molecule has 1 aromatic carbocycles. The smallest absolute Gasteiger partial charge is 0.235 e. The van der Waals surface area contributed by atoms with E-state index < -0.39 is 0 Å². The second kappa shape index (κ2) is 5.73. The van der Waals surface area contributed by atoms with Gasteiger partial charge in [-0.05, 0) is 25.2 Å². The van der Waals surface area contributed by atoms with Crippen LogP contribution in [0.15, 0.2) is 28.8 Å². The van der Waals surface area contributed by atoms with Crippen molar-refractivity contribution in [1.29, 1.82) is 0 Å². The SMILES string of the molecule is CN(C)CCc1noc(C2CNCc3ccccc32)n1. The summed E-state index contributed by atoms with van der Waals surface area (Å²) < 4.78 is 5.47. The van der Waals surface area contributed by atoms with E-state index in [2.05, 4.69) is 44.6 Å². The molecule has 0 radical (unpaired) electrons. The van der Waals surface area contributed by atoms with Crippen molar-refractivity contribution in [3.8, 4) is 0 Å². The van der Waals surface area contributed by atoms with Crippen molar-refractivity contribution in [3.05, 3.63) is 47.1 Å². The van der Waals surface area contributed by atoms with Gasteiger partial charge in [0.1, 0.15) is 0 Å². The van der Waals surface area contributed by atoms with E-state index in [1.807, 2.05) is 14.1 Å². The van der Waals surface area contributed by atoms with Gasteiger partial charge in [-0.15, -0.1) is 0 Å². The van der Waals surface area contributed by atoms with Gasteiger partial charge in [-0.2, -0.15) is 4.98 Å². The fourth-order valence-corrected chi connectivity index (χ4v) is 2.55. The quantitative estimate of drug-likeness (QED) is 0.912. The molecule has 0 bridgehead atoms. The topological polar surface area (TPSA) is 54.2 Å². The van der Waals surface area contributed by atoms with Crippen LogP contribution in [0.25, 0.3) is 0 Å². The van der Waals surface area contributed by atoms with E-state index in [1.54, 1.807) is 0 Å². The highest BCUT2D eigenvalue weighted by atomic mass is 16.5. The van der Waals surface area contributed by atoms with Gasteiger partial charge < -0.3 is 14.7 Å². The van der Waals surface area contributed by atoms with Gasteiger partial charge in [0.2, 0.25) is 5.89 Å². The molecule has 0 aliphatic carbocycles. The van der Waals surface area contributed by atoms with Crippen LogP contribution in [0.5, 0.6) is 0 Å². The minimum absolute atomic E-state index is 0.167. The average Bonchev–Trinajstić information content (AvgIpc) is 2.93. The van der Waals surface area contributed by atoms with Gasteiger partial charge in [-0.25, -0.2) is 0 Å². The highest BCUT2D eigenvalue weighted by Gasteiger charge is 2.26. The maximum absolute atomic E-state index is 5.47. The molecule has 0 spiro atoms. The number of likely N-dealkylation sites (N-methyl/N-ethyl adjacent to an activating group) is 1. The molecule has 106 valence electrons. The molecule has 1 aliphatic rings. The van der Waals surface area contributed by atoms with Gasteiger partial charge >= 0.3 is 0 Å². The molecule has 5 heteroatoms. The van der Waals surface area contributed by atoms with E-state index in [4.69, 9.17) is 4.52 Å². The van der Waals surface area contributed by atoms with Gasteiger partial charge in [0.05, 0.1) is 5.92 Å². The van der Waals surface area contributed by atoms with Crippen molar-refractivity contribution in [3.63, 3.8) is 0 Å². The average molecular weight is 272 g/mol. The summed E-state index contributed by atoms with van der Waals surface area (Å²) in [6.07, 6.45) is 0.818. The standard InChI is InChI=1S/C15H20N4O/c1-19(2)8-7-14-17-15(20-18-14)13-10-16-9-11-5-3-4-6-12(11)13/h3-6,13,16H,7-10H2,1-2H3. The molecule has 1 N–H and O–H groups in total. The second-order valence-corrected chi connectivity index (χ2v) is 5.48. The Balaban J connectivity index is 1.80. The second-order valence-electron chi connectivity index (χ2n) is 5.48. The summed E-state index contributed by atoms with van der Waals surface area (Å²) in [5, 5.41) is 7.51. The van der Waals surface area contributed by atoms with Crippen LogP contribution in [0.3, 0.4) is 0 Å². The van der Waals surface area contributed by atoms with Crippen LogP contribution in [-0.2, 0) is 13.0 Å². The molecular formula is C15H20N4O. The van der Waals surface area contributed by atoms with Crippen molar-refractivity contribution < 1.29 is 4.52 Å². The van der Waals surface area contributed by atoms with Gasteiger partial charge in [-0.3, -0.25) is 0 Å². The molecule has 1 aromatic heterocycles. The first-order valence-corrected chi connectivity index (χ1v) is 7.00. The Bertz CT molecular complexity index is 579. The normalized spacial score (nSPS) is 18.2. The zero-order valence-electron chi connectivity index (χ0n) is 12.0. The van der Waals surface area contributed by atoms with Crippen LogP contribution in [0.2, 0.25) is 0 Å². The van der Waals surface area contributed by atoms with Crippen molar-refractivity contribution in [2.75, 3.05) is 27.2 Å². The number of nitrogens with one attached hydrogen (secondary N) is 1. The zero-order chi connectivity index (χ0) is 13.9. The Hall–Kier alpha value is -1.72. The summed E-state index contributed by atoms with van der Waals surface area (Å²) in [5.41, 5.74) is 2.62. The molecule has 0 saturated heterocycles. The lowest BCUT2D eigenvalue weighted by Gasteiger charge is -2.23. The number of fused-ring (bicyclic) bond motifs is 1. The number of benzene rings is 1. The number of rotatable bonds is 4. The Labute approximate surface area is 119 Å². The monoisotopic (exact) mass is 272 g/mol. The predicted octanol–water partition coefficient (Wildman–Crippen LogP) is 1.41. The highest BCUT2D eigenvalue weighted by molar-refractivity contribution is 5.35. The first-order valence-electron chi connectivity index (χ1n) is 7.00. The van der Waals surface area contributed by atoms with Crippen molar-refractivity contribution in [1.82, 2.24) is 20.4 Å². The Morgan fingerprint density at radius 3 is 3.05 bits per heavy atom. The molecule has 2 heterocycles. The van der Waals surface area contributed by atoms with Crippen molar-refractivity contribution in [2.45, 2.75) is 18.9 Å². The first-order chi connectivity index (χ1) is 9.74. The lowest BCUT2D eigenvalue weighted by atomic mass is 9.91. The van der Waals surface area contributed by atoms with Crippen LogP contribution >= 0.6 is 0 Å². The van der Waals surface area contributed by atoms with Crippen LogP contribution in [0.4, 0.5) is 0 Å². The summed E-state index contributed by atoms with van der Waals surface area (Å²) >= 11 is 0. The summed E-state index contributed by atoms with van der Waals surface area (Å²) in [5.74, 6) is 1.68. The predicted molar refractivity (Wildman–Crippen MR) is 76.5 cm³/mol. The fraction of sp³-hybridized carbons (Fsp3) is 0.467. The molecule has 3 rings (SSSR count). The molecule has 1 atom stereocenters. The molecule has 1 aliphatic heterocycles. The van der Waals surface area contributed by atoms with E-state index in [0.29, 0.717) is 0 Å². The Morgan fingerprint density at radius 2 is 2.20 bits per heavy atom. The number of aromatic nitrogens is 2. The van der Waals surface area contributed by atoms with Gasteiger partial charge in [-0.1, -0.05) is 29.4 Å². The van der Waals surface area contributed by atoms with E-state index in [-0.39, 0.29) is 5.92 Å². The third-order valence-electron chi connectivity index (χ3n) is 3.66. The molecule has 20 heavy (non-hydrogen) atoms. The van der Waals surface area contributed by atoms with Crippen LogP contribution in [0.1, 0.15) is 28.8 Å². The summed E-state index contributed by atoms with van der Waals surface area (Å²) in [6.45, 7) is 2.69. The van der Waals surface area contributed by atoms with E-state index in [0.717, 1.165) is 37.8 Å². The molecule has 2 aromatic rings. The number of nitrogens with zero attached hydrogens (tertiary/aromatic N) is 3. The van der Waals surface area contributed by atoms with E-state index >= 15 is 0 Å². The third kappa shape index (κ3) is 2.73. The van der Waals surface area contributed by atoms with Gasteiger partial charge in [0.25, 0.3) is 0 Å². The van der Waals surface area contributed by atoms with E-state index in [9.17, 15) is 0 Å². The Morgan fingerprint density at radius 1 is 1.35 bits per heavy atom. The van der Waals surface area contributed by atoms with Gasteiger partial charge in [0.15, 0.2) is 5.82 Å². The molecule has 0 amide bonds. The minimum atomic E-state index is 0.167. The molecule has 1 unspecified atom stereocenters. The van der Waals surface area contributed by atoms with Gasteiger partial charge in [0, 0.05) is 26.1 Å². The molecule has 5 nitrogen and oxygen atoms in total. The minimum Gasteiger partial charge on any atom is -0.339 e. The summed E-state index contributed by atoms with van der Waals surface area (Å²) in [6, 6.07) is 8.45. The summed E-state index contributed by atoms with van der Waals surface area (Å²) in [4.78, 5) is 6.68. The number of hydrogen-bond donors (Lipinski definition) is 1. The maximum Gasteiger partial charge on any atom is 0.235 e. The van der Waals surface area contributed by atoms with Crippen LogP contribution in [0, 0.1) is 0 Å². The first kappa shape index (κ1) is 13.3. The largest absolute Gasteiger partial charge is 0.339 e. The summed E-state index contributed by atoms with van der Waals surface area (Å²) in [7, 11) is 4.09. The van der Waals surface area contributed by atoms with Crippen LogP contribution < -0.4 is 5.32 Å². The third-order valence-corrected chi connectivity index (χ3v) is 3.66. The fourth-order valence-electron chi connectivity index (χ4n) is 2.55. The Kier molecular flexibility index (Phi) is 3.80. The lowest BCUT2D eigenvalue weighted by Crippen LogP contribution is -2.28. The maximum atomic E-state index is 5.47. The number of hydrogen-bond acceptors (Lipinski definition) is 5. The molecular weight excluding hydrogens is 252 g/mol. The molecule has 0 saturated carbocycles. The lowest BCUT2D eigenvalue weighted by molar-refractivity contribution is 0.348. The zero-order valence-corrected chi connectivity index (χ0v) is 12.0.